The van der Waals surface area contributed by atoms with Crippen molar-refractivity contribution in [1.82, 2.24) is 10.2 Å². The monoisotopic (exact) mass is 366 g/mol. The minimum Gasteiger partial charge on any atom is -0.484 e. The van der Waals surface area contributed by atoms with E-state index in [-0.39, 0.29) is 29.1 Å². The van der Waals surface area contributed by atoms with Gasteiger partial charge in [-0.05, 0) is 38.9 Å². The standard InChI is InChI=1S/C19H30N2O3S/c1-6-24-17-8-7-15(25-17)13(2)20-18(23)14-9-10-21(11-14)12-16(22)19(3,4)5/h7-8,13-14H,6,9-12H2,1-5H3,(H,20,23)/t13-,14-/m1/s1. The van der Waals surface area contributed by atoms with Crippen molar-refractivity contribution in [3.05, 3.63) is 17.0 Å². The Morgan fingerprint density at radius 2 is 2.12 bits per heavy atom. The first-order chi connectivity index (χ1) is 11.7. The van der Waals surface area contributed by atoms with Crippen LogP contribution in [0.4, 0.5) is 0 Å². The van der Waals surface area contributed by atoms with E-state index in [9.17, 15) is 9.59 Å². The lowest BCUT2D eigenvalue weighted by Gasteiger charge is -2.22. The molecule has 0 unspecified atom stereocenters. The van der Waals surface area contributed by atoms with Crippen molar-refractivity contribution in [1.29, 1.82) is 0 Å². The molecule has 1 fully saturated rings. The first-order valence-corrected chi connectivity index (χ1v) is 9.81. The highest BCUT2D eigenvalue weighted by Gasteiger charge is 2.32. The Bertz CT molecular complexity index is 606. The van der Waals surface area contributed by atoms with Crippen molar-refractivity contribution in [2.45, 2.75) is 47.1 Å². The van der Waals surface area contributed by atoms with Gasteiger partial charge in [-0.15, -0.1) is 11.3 Å². The summed E-state index contributed by atoms with van der Waals surface area (Å²) in [6.07, 6.45) is 0.810. The molecule has 25 heavy (non-hydrogen) atoms. The molecule has 1 N–H and O–H groups in total. The maximum atomic E-state index is 12.5. The summed E-state index contributed by atoms with van der Waals surface area (Å²) < 4.78 is 5.49. The van der Waals surface area contributed by atoms with Gasteiger partial charge in [0.05, 0.1) is 25.1 Å². The zero-order valence-electron chi connectivity index (χ0n) is 15.9. The fourth-order valence-electron chi connectivity index (χ4n) is 2.82. The molecule has 2 atom stereocenters. The molecule has 1 aliphatic heterocycles. The van der Waals surface area contributed by atoms with Crippen LogP contribution >= 0.6 is 11.3 Å². The molecule has 0 spiro atoms. The average molecular weight is 367 g/mol. The van der Waals surface area contributed by atoms with E-state index in [4.69, 9.17) is 4.74 Å². The Hall–Kier alpha value is -1.40. The van der Waals surface area contributed by atoms with Crippen LogP contribution in [0.2, 0.25) is 0 Å². The second-order valence-corrected chi connectivity index (χ2v) is 8.79. The predicted molar refractivity (Wildman–Crippen MR) is 101 cm³/mol. The van der Waals surface area contributed by atoms with Crippen LogP contribution < -0.4 is 10.1 Å². The Labute approximate surface area is 154 Å². The molecule has 2 rings (SSSR count). The minimum absolute atomic E-state index is 0.0306. The highest BCUT2D eigenvalue weighted by Crippen LogP contribution is 2.29. The quantitative estimate of drug-likeness (QED) is 0.805. The number of ketones is 1. The third kappa shape index (κ3) is 5.54. The zero-order chi connectivity index (χ0) is 18.6. The van der Waals surface area contributed by atoms with Gasteiger partial charge in [0.1, 0.15) is 0 Å². The molecule has 2 heterocycles. The third-order valence-electron chi connectivity index (χ3n) is 4.52. The van der Waals surface area contributed by atoms with Crippen molar-refractivity contribution in [3.8, 4) is 5.06 Å². The Kier molecular flexibility index (Phi) is 6.63. The third-order valence-corrected chi connectivity index (χ3v) is 5.70. The van der Waals surface area contributed by atoms with E-state index in [1.54, 1.807) is 11.3 Å². The molecule has 1 amide bonds. The second-order valence-electron chi connectivity index (χ2n) is 7.71. The fraction of sp³-hybridized carbons (Fsp3) is 0.684. The number of Topliss-reactive ketones (excluding diaryl/α,β-unsaturated/α-hetero) is 1. The van der Waals surface area contributed by atoms with E-state index in [0.29, 0.717) is 19.7 Å². The first kappa shape index (κ1) is 19.9. The van der Waals surface area contributed by atoms with Gasteiger partial charge in [0.2, 0.25) is 5.91 Å². The number of rotatable bonds is 7. The molecule has 0 saturated carbocycles. The Morgan fingerprint density at radius 1 is 1.40 bits per heavy atom. The molecule has 140 valence electrons. The van der Waals surface area contributed by atoms with Gasteiger partial charge in [-0.25, -0.2) is 0 Å². The van der Waals surface area contributed by atoms with Crippen molar-refractivity contribution < 1.29 is 14.3 Å². The molecule has 0 radical (unpaired) electrons. The molecule has 1 aromatic rings. The number of carbonyl (C=O) groups is 2. The molecular formula is C19H30N2O3S. The number of amides is 1. The maximum absolute atomic E-state index is 12.5. The molecule has 1 aromatic heterocycles. The van der Waals surface area contributed by atoms with Gasteiger partial charge in [0, 0.05) is 16.8 Å². The lowest BCUT2D eigenvalue weighted by Crippen LogP contribution is -2.37. The summed E-state index contributed by atoms with van der Waals surface area (Å²) in [7, 11) is 0. The summed E-state index contributed by atoms with van der Waals surface area (Å²) in [6, 6.07) is 3.92. The normalized spacial score (nSPS) is 19.6. The summed E-state index contributed by atoms with van der Waals surface area (Å²) in [5.41, 5.74) is -0.327. The molecule has 0 aliphatic carbocycles. The Morgan fingerprint density at radius 3 is 2.76 bits per heavy atom. The van der Waals surface area contributed by atoms with Gasteiger partial charge < -0.3 is 10.1 Å². The van der Waals surface area contributed by atoms with Gasteiger partial charge in [-0.3, -0.25) is 14.5 Å². The second kappa shape index (κ2) is 8.32. The SMILES string of the molecule is CCOc1ccc([C@@H](C)NC(=O)[C@@H]2CCN(CC(=O)C(C)(C)C)C2)s1. The number of nitrogens with one attached hydrogen (secondary N) is 1. The zero-order valence-corrected chi connectivity index (χ0v) is 16.7. The largest absolute Gasteiger partial charge is 0.484 e. The van der Waals surface area contributed by atoms with Gasteiger partial charge in [-0.2, -0.15) is 0 Å². The number of nitrogens with zero attached hydrogens (tertiary/aromatic N) is 1. The first-order valence-electron chi connectivity index (χ1n) is 8.99. The summed E-state index contributed by atoms with van der Waals surface area (Å²) in [5, 5.41) is 3.98. The van der Waals surface area contributed by atoms with Gasteiger partial charge >= 0.3 is 0 Å². The molecule has 5 nitrogen and oxygen atoms in total. The number of likely N-dealkylation sites (tertiary alicyclic amines) is 1. The number of carbonyl (C=O) groups excluding carboxylic acids is 2. The van der Waals surface area contributed by atoms with E-state index < -0.39 is 0 Å². The highest BCUT2D eigenvalue weighted by atomic mass is 32.1. The topological polar surface area (TPSA) is 58.6 Å². The van der Waals surface area contributed by atoms with Gasteiger partial charge in [0.15, 0.2) is 10.8 Å². The number of hydrogen-bond acceptors (Lipinski definition) is 5. The number of ether oxygens (including phenoxy) is 1. The molecule has 0 aromatic carbocycles. The van der Waals surface area contributed by atoms with Crippen LogP contribution in [0.5, 0.6) is 5.06 Å². The van der Waals surface area contributed by atoms with E-state index in [1.165, 1.54) is 0 Å². The predicted octanol–water partition coefficient (Wildman–Crippen LogP) is 3.26. The van der Waals surface area contributed by atoms with Crippen LogP contribution in [-0.4, -0.2) is 42.8 Å². The van der Waals surface area contributed by atoms with E-state index in [1.807, 2.05) is 46.8 Å². The van der Waals surface area contributed by atoms with Crippen molar-refractivity contribution in [3.63, 3.8) is 0 Å². The van der Waals surface area contributed by atoms with E-state index in [0.717, 1.165) is 22.9 Å². The summed E-state index contributed by atoms with van der Waals surface area (Å²) in [5.74, 6) is 0.259. The molecule has 1 aliphatic rings. The van der Waals surface area contributed by atoms with Gasteiger partial charge in [-0.1, -0.05) is 20.8 Å². The minimum atomic E-state index is -0.327. The van der Waals surface area contributed by atoms with Crippen molar-refractivity contribution in [2.75, 3.05) is 26.2 Å². The van der Waals surface area contributed by atoms with Crippen molar-refractivity contribution >= 4 is 23.0 Å². The van der Waals surface area contributed by atoms with Crippen LogP contribution in [0.3, 0.4) is 0 Å². The number of hydrogen-bond donors (Lipinski definition) is 1. The lowest BCUT2D eigenvalue weighted by atomic mass is 9.90. The van der Waals surface area contributed by atoms with E-state index in [2.05, 4.69) is 10.2 Å². The summed E-state index contributed by atoms with van der Waals surface area (Å²) >= 11 is 1.57. The molecule has 0 bridgehead atoms. The molecule has 6 heteroatoms. The fourth-order valence-corrected chi connectivity index (χ4v) is 3.74. The van der Waals surface area contributed by atoms with Crippen LogP contribution in [-0.2, 0) is 9.59 Å². The van der Waals surface area contributed by atoms with Crippen LogP contribution in [0.25, 0.3) is 0 Å². The summed E-state index contributed by atoms with van der Waals surface area (Å²) in [6.45, 7) is 12.3. The smallest absolute Gasteiger partial charge is 0.224 e. The van der Waals surface area contributed by atoms with E-state index >= 15 is 0 Å². The van der Waals surface area contributed by atoms with Gasteiger partial charge in [0.25, 0.3) is 0 Å². The molecular weight excluding hydrogens is 336 g/mol. The average Bonchev–Trinajstić information content (AvgIpc) is 3.16. The lowest BCUT2D eigenvalue weighted by molar-refractivity contribution is -0.128. The van der Waals surface area contributed by atoms with Crippen molar-refractivity contribution in [2.24, 2.45) is 11.3 Å². The summed E-state index contributed by atoms with van der Waals surface area (Å²) in [4.78, 5) is 27.9. The number of thiophene rings is 1. The highest BCUT2D eigenvalue weighted by molar-refractivity contribution is 7.13. The van der Waals surface area contributed by atoms with Crippen LogP contribution in [0.15, 0.2) is 12.1 Å². The van der Waals surface area contributed by atoms with Crippen LogP contribution in [0, 0.1) is 11.3 Å². The Balaban J connectivity index is 1.84. The molecule has 1 saturated heterocycles. The van der Waals surface area contributed by atoms with Crippen LogP contribution in [0.1, 0.15) is 52.0 Å². The maximum Gasteiger partial charge on any atom is 0.224 e.